The van der Waals surface area contributed by atoms with E-state index in [-0.39, 0.29) is 17.9 Å². The van der Waals surface area contributed by atoms with Gasteiger partial charge in [0, 0.05) is 13.1 Å². The fourth-order valence-electron chi connectivity index (χ4n) is 2.92. The van der Waals surface area contributed by atoms with E-state index < -0.39 is 6.10 Å². The van der Waals surface area contributed by atoms with Gasteiger partial charge in [0.2, 0.25) is 5.91 Å². The number of aliphatic hydroxyl groups is 1. The molecule has 0 saturated carbocycles. The minimum atomic E-state index is -0.422. The molecular weight excluding hydrogens is 266 g/mol. The van der Waals surface area contributed by atoms with Gasteiger partial charge in [-0.3, -0.25) is 4.79 Å². The first-order valence-electron chi connectivity index (χ1n) is 7.46. The van der Waals surface area contributed by atoms with Gasteiger partial charge in [0.05, 0.1) is 23.5 Å². The number of para-hydroxylation sites is 2. The number of imidazole rings is 1. The monoisotopic (exact) mass is 287 g/mol. The van der Waals surface area contributed by atoms with Gasteiger partial charge < -0.3 is 14.6 Å². The number of amides is 1. The molecule has 3 rings (SSSR count). The fraction of sp³-hybridized carbons (Fsp3) is 0.500. The quantitative estimate of drug-likeness (QED) is 0.916. The van der Waals surface area contributed by atoms with Crippen LogP contribution in [0.5, 0.6) is 0 Å². The molecular formula is C16H21N3O2. The molecule has 5 heteroatoms. The molecule has 2 aromatic rings. The van der Waals surface area contributed by atoms with Crippen molar-refractivity contribution < 1.29 is 9.90 Å². The smallest absolute Gasteiger partial charge is 0.245 e. The summed E-state index contributed by atoms with van der Waals surface area (Å²) < 4.78 is 1.90. The molecule has 1 aliphatic heterocycles. The average Bonchev–Trinajstić information content (AvgIpc) is 2.92. The van der Waals surface area contributed by atoms with Gasteiger partial charge in [0.15, 0.2) is 0 Å². The Morgan fingerprint density at radius 2 is 2.19 bits per heavy atom. The van der Waals surface area contributed by atoms with Gasteiger partial charge in [0.25, 0.3) is 0 Å². The number of aromatic nitrogens is 2. The van der Waals surface area contributed by atoms with Crippen molar-refractivity contribution in [2.45, 2.75) is 32.4 Å². The molecule has 1 saturated heterocycles. The van der Waals surface area contributed by atoms with Crippen molar-refractivity contribution in [1.82, 2.24) is 14.5 Å². The van der Waals surface area contributed by atoms with Crippen molar-refractivity contribution in [2.75, 3.05) is 13.1 Å². The summed E-state index contributed by atoms with van der Waals surface area (Å²) in [6, 6.07) is 7.49. The molecule has 0 aliphatic carbocycles. The summed E-state index contributed by atoms with van der Waals surface area (Å²) in [6.07, 6.45) is 2.15. The lowest BCUT2D eigenvalue weighted by Crippen LogP contribution is -2.47. The number of hydrogen-bond donors (Lipinski definition) is 1. The molecule has 2 heterocycles. The molecule has 0 spiro atoms. The zero-order valence-corrected chi connectivity index (χ0v) is 12.4. The second-order valence-corrected chi connectivity index (χ2v) is 5.93. The van der Waals surface area contributed by atoms with E-state index in [0.717, 1.165) is 17.5 Å². The van der Waals surface area contributed by atoms with Crippen LogP contribution in [0.25, 0.3) is 11.0 Å². The Hall–Kier alpha value is -1.88. The molecule has 1 N–H and O–H groups in total. The molecule has 1 amide bonds. The second kappa shape index (κ2) is 5.48. The Labute approximate surface area is 124 Å². The highest BCUT2D eigenvalue weighted by molar-refractivity contribution is 5.83. The summed E-state index contributed by atoms with van der Waals surface area (Å²) >= 11 is 0. The number of carbonyl (C=O) groups is 1. The Balaban J connectivity index is 1.81. The maximum absolute atomic E-state index is 12.7. The molecule has 1 aromatic carbocycles. The second-order valence-electron chi connectivity index (χ2n) is 5.93. The predicted octanol–water partition coefficient (Wildman–Crippen LogP) is 1.83. The van der Waals surface area contributed by atoms with Crippen LogP contribution < -0.4 is 0 Å². The maximum atomic E-state index is 12.7. The van der Waals surface area contributed by atoms with Crippen LogP contribution in [-0.2, 0) is 4.79 Å². The number of carbonyl (C=O) groups excluding carboxylic acids is 1. The fourth-order valence-corrected chi connectivity index (χ4v) is 2.92. The van der Waals surface area contributed by atoms with Gasteiger partial charge in [-0.2, -0.15) is 0 Å². The molecule has 0 bridgehead atoms. The number of likely N-dealkylation sites (tertiary alicyclic amines) is 1. The average molecular weight is 287 g/mol. The van der Waals surface area contributed by atoms with E-state index in [9.17, 15) is 9.90 Å². The number of nitrogens with zero attached hydrogens (tertiary/aromatic N) is 3. The van der Waals surface area contributed by atoms with Crippen molar-refractivity contribution in [2.24, 2.45) is 5.92 Å². The highest BCUT2D eigenvalue weighted by Gasteiger charge is 2.30. The molecule has 5 nitrogen and oxygen atoms in total. The first kappa shape index (κ1) is 14.1. The molecule has 1 aliphatic rings. The van der Waals surface area contributed by atoms with Crippen LogP contribution in [0, 0.1) is 5.92 Å². The summed E-state index contributed by atoms with van der Waals surface area (Å²) in [5.41, 5.74) is 1.86. The van der Waals surface area contributed by atoms with Crippen molar-refractivity contribution >= 4 is 16.9 Å². The van der Waals surface area contributed by atoms with Gasteiger partial charge >= 0.3 is 0 Å². The van der Waals surface area contributed by atoms with E-state index >= 15 is 0 Å². The third-order valence-corrected chi connectivity index (χ3v) is 4.49. The standard InChI is InChI=1S/C16H21N3O2/c1-11-7-8-18(9-15(11)20)16(21)12(2)19-10-17-13-5-3-4-6-14(13)19/h3-6,10-12,15,20H,7-9H2,1-2H3. The molecule has 1 fully saturated rings. The highest BCUT2D eigenvalue weighted by Crippen LogP contribution is 2.22. The molecule has 3 atom stereocenters. The van der Waals surface area contributed by atoms with Gasteiger partial charge in [-0.05, 0) is 31.4 Å². The van der Waals surface area contributed by atoms with Crippen LogP contribution in [0.15, 0.2) is 30.6 Å². The summed E-state index contributed by atoms with van der Waals surface area (Å²) in [4.78, 5) is 18.8. The molecule has 112 valence electrons. The third kappa shape index (κ3) is 2.53. The molecule has 1 aromatic heterocycles. The summed E-state index contributed by atoms with van der Waals surface area (Å²) in [7, 11) is 0. The highest BCUT2D eigenvalue weighted by atomic mass is 16.3. The van der Waals surface area contributed by atoms with Crippen molar-refractivity contribution in [3.8, 4) is 0 Å². The lowest BCUT2D eigenvalue weighted by molar-refractivity contribution is -0.138. The van der Waals surface area contributed by atoms with E-state index in [0.29, 0.717) is 13.1 Å². The van der Waals surface area contributed by atoms with Crippen LogP contribution >= 0.6 is 0 Å². The first-order chi connectivity index (χ1) is 10.1. The van der Waals surface area contributed by atoms with Gasteiger partial charge in [-0.15, -0.1) is 0 Å². The predicted molar refractivity (Wildman–Crippen MR) is 80.8 cm³/mol. The number of benzene rings is 1. The molecule has 21 heavy (non-hydrogen) atoms. The summed E-state index contributed by atoms with van der Waals surface area (Å²) in [5.74, 6) is 0.308. The Bertz CT molecular complexity index is 652. The van der Waals surface area contributed by atoms with Crippen LogP contribution in [0.1, 0.15) is 26.3 Å². The van der Waals surface area contributed by atoms with E-state index in [1.54, 1.807) is 11.2 Å². The normalized spacial score (nSPS) is 24.2. The van der Waals surface area contributed by atoms with Gasteiger partial charge in [-0.25, -0.2) is 4.98 Å². The minimum Gasteiger partial charge on any atom is -0.391 e. The number of hydrogen-bond acceptors (Lipinski definition) is 3. The van der Waals surface area contributed by atoms with Gasteiger partial charge in [0.1, 0.15) is 6.04 Å². The maximum Gasteiger partial charge on any atom is 0.245 e. The Kier molecular flexibility index (Phi) is 3.68. The van der Waals surface area contributed by atoms with E-state index in [4.69, 9.17) is 0 Å². The summed E-state index contributed by atoms with van der Waals surface area (Å²) in [6.45, 7) is 5.06. The van der Waals surface area contributed by atoms with Crippen LogP contribution in [0.3, 0.4) is 0 Å². The minimum absolute atomic E-state index is 0.0455. The van der Waals surface area contributed by atoms with E-state index in [1.165, 1.54) is 0 Å². The lowest BCUT2D eigenvalue weighted by atomic mass is 9.95. The van der Waals surface area contributed by atoms with E-state index in [1.807, 2.05) is 42.7 Å². The lowest BCUT2D eigenvalue weighted by Gasteiger charge is -2.35. The van der Waals surface area contributed by atoms with Crippen LogP contribution in [-0.4, -0.2) is 44.7 Å². The largest absolute Gasteiger partial charge is 0.391 e. The molecule has 0 radical (unpaired) electrons. The zero-order chi connectivity index (χ0) is 15.0. The van der Waals surface area contributed by atoms with Crippen molar-refractivity contribution in [3.05, 3.63) is 30.6 Å². The SMILES string of the molecule is CC1CCN(C(=O)C(C)n2cnc3ccccc32)CC1O. The number of β-amino-alcohol motifs (C(OH)–C–C–N with tert-alkyl or cyclic N) is 1. The van der Waals surface area contributed by atoms with Crippen molar-refractivity contribution in [1.29, 1.82) is 0 Å². The van der Waals surface area contributed by atoms with E-state index in [2.05, 4.69) is 4.98 Å². The molecule has 3 unspecified atom stereocenters. The Morgan fingerprint density at radius 1 is 1.43 bits per heavy atom. The topological polar surface area (TPSA) is 58.4 Å². The Morgan fingerprint density at radius 3 is 2.95 bits per heavy atom. The summed E-state index contributed by atoms with van der Waals surface area (Å²) in [5, 5.41) is 9.97. The van der Waals surface area contributed by atoms with Crippen LogP contribution in [0.4, 0.5) is 0 Å². The van der Waals surface area contributed by atoms with Gasteiger partial charge in [-0.1, -0.05) is 19.1 Å². The number of aliphatic hydroxyl groups excluding tert-OH is 1. The number of fused-ring (bicyclic) bond motifs is 1. The zero-order valence-electron chi connectivity index (χ0n) is 12.4. The van der Waals surface area contributed by atoms with Crippen molar-refractivity contribution in [3.63, 3.8) is 0 Å². The third-order valence-electron chi connectivity index (χ3n) is 4.49. The van der Waals surface area contributed by atoms with Crippen LogP contribution in [0.2, 0.25) is 0 Å². The number of piperidine rings is 1. The first-order valence-corrected chi connectivity index (χ1v) is 7.46. The number of rotatable bonds is 2.